The van der Waals surface area contributed by atoms with Crippen molar-refractivity contribution in [3.8, 4) is 0 Å². The normalized spacial score (nSPS) is 22.3. The van der Waals surface area contributed by atoms with Gasteiger partial charge < -0.3 is 5.32 Å². The minimum absolute atomic E-state index is 0.117. The van der Waals surface area contributed by atoms with Crippen LogP contribution < -0.4 is 5.32 Å². The van der Waals surface area contributed by atoms with Crippen molar-refractivity contribution in [2.75, 3.05) is 6.54 Å². The molecule has 0 bridgehead atoms. The van der Waals surface area contributed by atoms with E-state index in [1.807, 2.05) is 0 Å². The smallest absolute Gasteiger partial charge is 0.251 e. The highest BCUT2D eigenvalue weighted by Gasteiger charge is 2.29. The molecule has 1 N–H and O–H groups in total. The lowest BCUT2D eigenvalue weighted by Crippen LogP contribution is -2.37. The fraction of sp³-hybridized carbons (Fsp3) is 0.533. The van der Waals surface area contributed by atoms with Crippen LogP contribution in [0, 0.1) is 5.92 Å². The standard InChI is InChI=1S/C15H19NO/c1-9(2)14-8-16-15(17)13-7-11-5-3-4-10(11)6-12(13)14/h6-7,9,14H,3-5,8H2,1-2H3,(H,16,17). The quantitative estimate of drug-likeness (QED) is 0.788. The number of aryl methyl sites for hydroxylation is 2. The van der Waals surface area contributed by atoms with Gasteiger partial charge >= 0.3 is 0 Å². The van der Waals surface area contributed by atoms with E-state index >= 15 is 0 Å². The first-order valence-corrected chi connectivity index (χ1v) is 6.60. The molecule has 1 aromatic rings. The van der Waals surface area contributed by atoms with Gasteiger partial charge in [0.2, 0.25) is 0 Å². The van der Waals surface area contributed by atoms with Crippen LogP contribution in [-0.2, 0) is 12.8 Å². The van der Waals surface area contributed by atoms with Crippen LogP contribution in [0.1, 0.15) is 53.2 Å². The maximum atomic E-state index is 11.9. The Morgan fingerprint density at radius 3 is 2.65 bits per heavy atom. The fourth-order valence-corrected chi connectivity index (χ4v) is 3.15. The molecule has 1 atom stereocenters. The van der Waals surface area contributed by atoms with Crippen LogP contribution in [0.25, 0.3) is 0 Å². The lowest BCUT2D eigenvalue weighted by Gasteiger charge is -2.29. The van der Waals surface area contributed by atoms with Gasteiger partial charge in [0.15, 0.2) is 0 Å². The third-order valence-electron chi connectivity index (χ3n) is 4.20. The van der Waals surface area contributed by atoms with Crippen molar-refractivity contribution < 1.29 is 4.79 Å². The van der Waals surface area contributed by atoms with Gasteiger partial charge in [0.1, 0.15) is 0 Å². The van der Waals surface area contributed by atoms with Gasteiger partial charge in [-0.15, -0.1) is 0 Å². The second-order valence-electron chi connectivity index (χ2n) is 5.62. The summed E-state index contributed by atoms with van der Waals surface area (Å²) in [5.74, 6) is 1.18. The highest BCUT2D eigenvalue weighted by atomic mass is 16.1. The Morgan fingerprint density at radius 2 is 1.94 bits per heavy atom. The largest absolute Gasteiger partial charge is 0.351 e. The Hall–Kier alpha value is -1.31. The van der Waals surface area contributed by atoms with E-state index in [9.17, 15) is 4.79 Å². The zero-order valence-electron chi connectivity index (χ0n) is 10.5. The number of carbonyl (C=O) groups is 1. The molecule has 2 nitrogen and oxygen atoms in total. The highest BCUT2D eigenvalue weighted by molar-refractivity contribution is 5.97. The molecule has 3 rings (SSSR count). The molecule has 1 unspecified atom stereocenters. The van der Waals surface area contributed by atoms with Gasteiger partial charge in [0.25, 0.3) is 5.91 Å². The Bertz CT molecular complexity index is 476. The average molecular weight is 229 g/mol. The predicted molar refractivity (Wildman–Crippen MR) is 68.4 cm³/mol. The predicted octanol–water partition coefficient (Wildman–Crippen LogP) is 2.66. The van der Waals surface area contributed by atoms with Gasteiger partial charge in [0.05, 0.1) is 0 Å². The summed E-state index contributed by atoms with van der Waals surface area (Å²) < 4.78 is 0. The monoisotopic (exact) mass is 229 g/mol. The molecule has 0 fully saturated rings. The molecule has 0 radical (unpaired) electrons. The molecule has 0 spiro atoms. The number of benzene rings is 1. The van der Waals surface area contributed by atoms with Crippen molar-refractivity contribution in [2.24, 2.45) is 5.92 Å². The number of amides is 1. The fourth-order valence-electron chi connectivity index (χ4n) is 3.15. The minimum atomic E-state index is 0.117. The van der Waals surface area contributed by atoms with Crippen LogP contribution in [0.5, 0.6) is 0 Å². The Labute approximate surface area is 102 Å². The number of carbonyl (C=O) groups excluding carboxylic acids is 1. The van der Waals surface area contributed by atoms with Crippen LogP contribution in [0.15, 0.2) is 12.1 Å². The second-order valence-corrected chi connectivity index (χ2v) is 5.62. The summed E-state index contributed by atoms with van der Waals surface area (Å²) in [6.07, 6.45) is 3.57. The van der Waals surface area contributed by atoms with Crippen molar-refractivity contribution in [1.29, 1.82) is 0 Å². The second kappa shape index (κ2) is 3.86. The molecule has 1 aliphatic heterocycles. The topological polar surface area (TPSA) is 29.1 Å². The van der Waals surface area contributed by atoms with E-state index in [-0.39, 0.29) is 5.91 Å². The van der Waals surface area contributed by atoms with Gasteiger partial charge in [-0.2, -0.15) is 0 Å². The van der Waals surface area contributed by atoms with Crippen molar-refractivity contribution in [3.63, 3.8) is 0 Å². The molecule has 0 saturated heterocycles. The number of rotatable bonds is 1. The van der Waals surface area contributed by atoms with E-state index in [0.717, 1.165) is 18.5 Å². The van der Waals surface area contributed by atoms with Crippen molar-refractivity contribution in [3.05, 3.63) is 34.4 Å². The maximum Gasteiger partial charge on any atom is 0.251 e. The molecule has 1 aromatic carbocycles. The summed E-state index contributed by atoms with van der Waals surface area (Å²) in [7, 11) is 0. The van der Waals surface area contributed by atoms with Gasteiger partial charge in [-0.05, 0) is 47.9 Å². The van der Waals surface area contributed by atoms with E-state index in [4.69, 9.17) is 0 Å². The molecule has 1 aliphatic carbocycles. The molecular formula is C15H19NO. The number of nitrogens with one attached hydrogen (secondary N) is 1. The first-order valence-electron chi connectivity index (χ1n) is 6.60. The van der Waals surface area contributed by atoms with Crippen LogP contribution in [0.3, 0.4) is 0 Å². The molecule has 90 valence electrons. The van der Waals surface area contributed by atoms with Crippen LogP contribution in [0.2, 0.25) is 0 Å². The van der Waals surface area contributed by atoms with Gasteiger partial charge in [-0.1, -0.05) is 19.9 Å². The number of fused-ring (bicyclic) bond motifs is 2. The lowest BCUT2D eigenvalue weighted by molar-refractivity contribution is 0.0936. The van der Waals surface area contributed by atoms with Crippen molar-refractivity contribution in [2.45, 2.75) is 39.0 Å². The van der Waals surface area contributed by atoms with Crippen LogP contribution in [-0.4, -0.2) is 12.5 Å². The summed E-state index contributed by atoms with van der Waals surface area (Å²) in [4.78, 5) is 11.9. The molecule has 2 heteroatoms. The third kappa shape index (κ3) is 1.67. The van der Waals surface area contributed by atoms with E-state index < -0.39 is 0 Å². The first-order chi connectivity index (χ1) is 8.16. The van der Waals surface area contributed by atoms with E-state index in [1.165, 1.54) is 29.5 Å². The molecule has 0 saturated carbocycles. The Kier molecular flexibility index (Phi) is 2.46. The van der Waals surface area contributed by atoms with Crippen LogP contribution >= 0.6 is 0 Å². The van der Waals surface area contributed by atoms with Crippen molar-refractivity contribution >= 4 is 5.91 Å². The SMILES string of the molecule is CC(C)C1CNC(=O)c2cc3c(cc21)CCC3. The summed E-state index contributed by atoms with van der Waals surface area (Å²) in [6.45, 7) is 5.26. The molecule has 0 aromatic heterocycles. The van der Waals surface area contributed by atoms with Crippen LogP contribution in [0.4, 0.5) is 0 Å². The average Bonchev–Trinajstić information content (AvgIpc) is 2.74. The minimum Gasteiger partial charge on any atom is -0.351 e. The molecule has 2 aliphatic rings. The summed E-state index contributed by atoms with van der Waals surface area (Å²) in [5, 5.41) is 3.02. The van der Waals surface area contributed by atoms with E-state index in [0.29, 0.717) is 11.8 Å². The number of hydrogen-bond donors (Lipinski definition) is 1. The lowest BCUT2D eigenvalue weighted by atomic mass is 9.81. The molecule has 1 heterocycles. The van der Waals surface area contributed by atoms with Gasteiger partial charge in [-0.25, -0.2) is 0 Å². The zero-order chi connectivity index (χ0) is 12.0. The highest BCUT2D eigenvalue weighted by Crippen LogP contribution is 2.34. The third-order valence-corrected chi connectivity index (χ3v) is 4.20. The van der Waals surface area contributed by atoms with E-state index in [1.54, 1.807) is 0 Å². The first kappa shape index (κ1) is 10.8. The van der Waals surface area contributed by atoms with Gasteiger partial charge in [-0.3, -0.25) is 4.79 Å². The number of hydrogen-bond acceptors (Lipinski definition) is 1. The Morgan fingerprint density at radius 1 is 1.24 bits per heavy atom. The van der Waals surface area contributed by atoms with Gasteiger partial charge in [0, 0.05) is 18.0 Å². The van der Waals surface area contributed by atoms with E-state index in [2.05, 4.69) is 31.3 Å². The summed E-state index contributed by atoms with van der Waals surface area (Å²) in [6, 6.07) is 4.45. The summed E-state index contributed by atoms with van der Waals surface area (Å²) in [5.41, 5.74) is 5.08. The van der Waals surface area contributed by atoms with Crippen molar-refractivity contribution in [1.82, 2.24) is 5.32 Å². The molecule has 1 amide bonds. The zero-order valence-corrected chi connectivity index (χ0v) is 10.5. The molecule has 17 heavy (non-hydrogen) atoms. The molecular weight excluding hydrogens is 210 g/mol. The summed E-state index contributed by atoms with van der Waals surface area (Å²) >= 11 is 0. The Balaban J connectivity index is 2.13. The maximum absolute atomic E-state index is 11.9.